The number of aromatic nitrogens is 3. The van der Waals surface area contributed by atoms with Gasteiger partial charge in [0.1, 0.15) is 0 Å². The highest BCUT2D eigenvalue weighted by Gasteiger charge is 2.22. The molecule has 0 saturated carbocycles. The maximum atomic E-state index is 4.67. The number of hydrogen-bond acceptors (Lipinski definition) is 5. The van der Waals surface area contributed by atoms with Gasteiger partial charge < -0.3 is 0 Å². The molecule has 3 aromatic rings. The zero-order valence-electron chi connectivity index (χ0n) is 20.3. The molecular weight excluding hydrogens is 394 g/mol. The molecule has 0 fully saturated rings. The zero-order valence-corrected chi connectivity index (χ0v) is 20.3. The van der Waals surface area contributed by atoms with Crippen LogP contribution < -0.4 is 0 Å². The normalized spacial score (nSPS) is 12.5. The van der Waals surface area contributed by atoms with Crippen LogP contribution in [0.3, 0.4) is 0 Å². The Balaban J connectivity index is 1.82. The lowest BCUT2D eigenvalue weighted by molar-refractivity contribution is 0.122. The molecule has 3 heterocycles. The lowest BCUT2D eigenvalue weighted by Gasteiger charge is -2.35. The van der Waals surface area contributed by atoms with Crippen LogP contribution in [0.15, 0.2) is 55.0 Å². The number of hydrogen-bond donors (Lipinski definition) is 0. The molecule has 0 bridgehead atoms. The topological polar surface area (TPSA) is 45.2 Å². The van der Waals surface area contributed by atoms with E-state index in [0.717, 1.165) is 50.5 Å². The van der Waals surface area contributed by atoms with E-state index < -0.39 is 0 Å². The number of aryl methyl sites for hydroxylation is 3. The van der Waals surface area contributed by atoms with E-state index in [4.69, 9.17) is 0 Å². The van der Waals surface area contributed by atoms with Crippen molar-refractivity contribution in [1.82, 2.24) is 24.8 Å². The van der Waals surface area contributed by atoms with Gasteiger partial charge in [0.2, 0.25) is 0 Å². The van der Waals surface area contributed by atoms with Gasteiger partial charge in [-0.1, -0.05) is 32.0 Å². The molecular formula is C27H37N5. The molecule has 5 heteroatoms. The molecule has 0 aliphatic heterocycles. The van der Waals surface area contributed by atoms with Crippen LogP contribution in [0.1, 0.15) is 54.0 Å². The lowest BCUT2D eigenvalue weighted by atomic mass is 10.1. The molecule has 3 aromatic heterocycles. The molecule has 0 saturated heterocycles. The Kier molecular flexibility index (Phi) is 8.89. The molecule has 3 rings (SSSR count). The van der Waals surface area contributed by atoms with Crippen molar-refractivity contribution >= 4 is 0 Å². The summed E-state index contributed by atoms with van der Waals surface area (Å²) in [5.41, 5.74) is 7.17. The summed E-state index contributed by atoms with van der Waals surface area (Å²) in [6, 6.07) is 12.9. The van der Waals surface area contributed by atoms with E-state index in [9.17, 15) is 0 Å². The van der Waals surface area contributed by atoms with Crippen molar-refractivity contribution in [2.24, 2.45) is 0 Å². The number of likely N-dealkylation sites (N-methyl/N-ethyl adjacent to an activating group) is 1. The molecule has 0 amide bonds. The Morgan fingerprint density at radius 3 is 1.50 bits per heavy atom. The van der Waals surface area contributed by atoms with Gasteiger partial charge in [-0.2, -0.15) is 0 Å². The molecule has 5 nitrogen and oxygen atoms in total. The zero-order chi connectivity index (χ0) is 22.9. The monoisotopic (exact) mass is 431 g/mol. The van der Waals surface area contributed by atoms with Gasteiger partial charge in [-0.15, -0.1) is 0 Å². The van der Waals surface area contributed by atoms with Gasteiger partial charge in [0, 0.05) is 50.8 Å². The van der Waals surface area contributed by atoms with Gasteiger partial charge in [0.05, 0.1) is 17.1 Å². The average Bonchev–Trinajstić information content (AvgIpc) is 2.80. The number of pyridine rings is 3. The van der Waals surface area contributed by atoms with Gasteiger partial charge in [0.25, 0.3) is 0 Å². The van der Waals surface area contributed by atoms with Gasteiger partial charge in [-0.05, 0) is 68.6 Å². The second kappa shape index (κ2) is 11.8. The van der Waals surface area contributed by atoms with E-state index in [1.54, 1.807) is 0 Å². The predicted molar refractivity (Wildman–Crippen MR) is 131 cm³/mol. The minimum absolute atomic E-state index is 0.425. The fourth-order valence-electron chi connectivity index (χ4n) is 4.15. The Morgan fingerprint density at radius 1 is 0.688 bits per heavy atom. The summed E-state index contributed by atoms with van der Waals surface area (Å²) in [6.07, 6.45) is 6.77. The van der Waals surface area contributed by atoms with Crippen molar-refractivity contribution in [2.45, 2.75) is 66.7 Å². The molecule has 0 aromatic carbocycles. The van der Waals surface area contributed by atoms with E-state index in [1.165, 1.54) is 22.4 Å². The van der Waals surface area contributed by atoms with E-state index in [2.05, 4.69) is 77.6 Å². The standard InChI is InChI=1S/C27H37N5/c1-6-24(32(7-2)20-27-23(5)13-10-16-30-27)17-31(18-25-21(3)11-8-14-28-25)19-26-22(4)12-9-15-29-26/h8-16,24H,6-7,17-20H2,1-5H3. The lowest BCUT2D eigenvalue weighted by Crippen LogP contribution is -2.43. The highest BCUT2D eigenvalue weighted by atomic mass is 15.2. The van der Waals surface area contributed by atoms with Gasteiger partial charge in [-0.3, -0.25) is 24.8 Å². The second-order valence-electron chi connectivity index (χ2n) is 8.60. The third kappa shape index (κ3) is 6.44. The minimum Gasteiger partial charge on any atom is -0.294 e. The first kappa shape index (κ1) is 24.0. The molecule has 0 aliphatic carbocycles. The van der Waals surface area contributed by atoms with E-state index in [1.807, 2.05) is 36.8 Å². The summed E-state index contributed by atoms with van der Waals surface area (Å²) < 4.78 is 0. The van der Waals surface area contributed by atoms with Crippen molar-refractivity contribution in [3.05, 3.63) is 88.8 Å². The molecule has 32 heavy (non-hydrogen) atoms. The van der Waals surface area contributed by atoms with Crippen LogP contribution in [0.4, 0.5) is 0 Å². The number of rotatable bonds is 11. The highest BCUT2D eigenvalue weighted by Crippen LogP contribution is 2.18. The molecule has 1 atom stereocenters. The Labute approximate surface area is 193 Å². The SMILES string of the molecule is CCC(CN(Cc1ncccc1C)Cc1ncccc1C)N(CC)Cc1ncccc1C. The van der Waals surface area contributed by atoms with Crippen LogP contribution in [0.5, 0.6) is 0 Å². The third-order valence-corrected chi connectivity index (χ3v) is 6.32. The first-order valence-electron chi connectivity index (χ1n) is 11.7. The van der Waals surface area contributed by atoms with Crippen molar-refractivity contribution in [3.8, 4) is 0 Å². The van der Waals surface area contributed by atoms with Crippen LogP contribution in [-0.4, -0.2) is 43.9 Å². The van der Waals surface area contributed by atoms with E-state index in [-0.39, 0.29) is 0 Å². The molecule has 0 radical (unpaired) electrons. The summed E-state index contributed by atoms with van der Waals surface area (Å²) >= 11 is 0. The van der Waals surface area contributed by atoms with Gasteiger partial charge in [-0.25, -0.2) is 0 Å². The van der Waals surface area contributed by atoms with Gasteiger partial charge in [0.15, 0.2) is 0 Å². The Hall–Kier alpha value is -2.63. The maximum absolute atomic E-state index is 4.67. The van der Waals surface area contributed by atoms with Crippen LogP contribution in [-0.2, 0) is 19.6 Å². The molecule has 0 aliphatic rings. The molecule has 0 N–H and O–H groups in total. The van der Waals surface area contributed by atoms with Crippen molar-refractivity contribution in [2.75, 3.05) is 13.1 Å². The molecule has 170 valence electrons. The van der Waals surface area contributed by atoms with Crippen LogP contribution >= 0.6 is 0 Å². The smallest absolute Gasteiger partial charge is 0.0573 e. The summed E-state index contributed by atoms with van der Waals surface area (Å²) in [6.45, 7) is 15.4. The van der Waals surface area contributed by atoms with Crippen molar-refractivity contribution in [1.29, 1.82) is 0 Å². The number of nitrogens with zero attached hydrogens (tertiary/aromatic N) is 5. The van der Waals surface area contributed by atoms with Crippen LogP contribution in [0.2, 0.25) is 0 Å². The van der Waals surface area contributed by atoms with Crippen molar-refractivity contribution < 1.29 is 0 Å². The summed E-state index contributed by atoms with van der Waals surface area (Å²) in [5.74, 6) is 0. The first-order chi connectivity index (χ1) is 15.5. The second-order valence-corrected chi connectivity index (χ2v) is 8.60. The van der Waals surface area contributed by atoms with Crippen LogP contribution in [0.25, 0.3) is 0 Å². The summed E-state index contributed by atoms with van der Waals surface area (Å²) in [5, 5.41) is 0. The quantitative estimate of drug-likeness (QED) is 0.423. The molecule has 0 spiro atoms. The van der Waals surface area contributed by atoms with Crippen molar-refractivity contribution in [3.63, 3.8) is 0 Å². The Morgan fingerprint density at radius 2 is 1.12 bits per heavy atom. The molecule has 1 unspecified atom stereocenters. The first-order valence-corrected chi connectivity index (χ1v) is 11.7. The summed E-state index contributed by atoms with van der Waals surface area (Å²) in [4.78, 5) is 19.1. The van der Waals surface area contributed by atoms with E-state index in [0.29, 0.717) is 6.04 Å². The van der Waals surface area contributed by atoms with E-state index >= 15 is 0 Å². The van der Waals surface area contributed by atoms with Gasteiger partial charge >= 0.3 is 0 Å². The Bertz CT molecular complexity index is 940. The fraction of sp³-hybridized carbons (Fsp3) is 0.444. The largest absolute Gasteiger partial charge is 0.294 e. The average molecular weight is 432 g/mol. The highest BCUT2D eigenvalue weighted by molar-refractivity contribution is 5.20. The summed E-state index contributed by atoms with van der Waals surface area (Å²) in [7, 11) is 0. The predicted octanol–water partition coefficient (Wildman–Crippen LogP) is 5.10. The minimum atomic E-state index is 0.425. The fourth-order valence-corrected chi connectivity index (χ4v) is 4.15. The third-order valence-electron chi connectivity index (χ3n) is 6.32. The maximum Gasteiger partial charge on any atom is 0.0573 e. The van der Waals surface area contributed by atoms with Crippen LogP contribution in [0, 0.1) is 20.8 Å².